The first-order valence-electron chi connectivity index (χ1n) is 9.17. The number of ether oxygens (including phenoxy) is 1. The third-order valence-corrected chi connectivity index (χ3v) is 5.11. The molecule has 1 amide bonds. The monoisotopic (exact) mass is 353 g/mol. The zero-order chi connectivity index (χ0) is 17.9. The lowest BCUT2D eigenvalue weighted by molar-refractivity contribution is -0.130. The lowest BCUT2D eigenvalue weighted by Crippen LogP contribution is -2.38. The van der Waals surface area contributed by atoms with Crippen molar-refractivity contribution in [2.45, 2.75) is 25.8 Å². The summed E-state index contributed by atoms with van der Waals surface area (Å²) in [4.78, 5) is 33.4. The maximum Gasteiger partial charge on any atom is 0.228 e. The van der Waals surface area contributed by atoms with Crippen LogP contribution in [0.5, 0.6) is 0 Å². The fourth-order valence-electron chi connectivity index (χ4n) is 3.68. The second-order valence-corrected chi connectivity index (χ2v) is 6.93. The summed E-state index contributed by atoms with van der Waals surface area (Å²) in [6.45, 7) is 4.11. The lowest BCUT2D eigenvalue weighted by Gasteiger charge is -2.31. The van der Waals surface area contributed by atoms with E-state index < -0.39 is 0 Å². The molecule has 0 unspecified atom stereocenters. The van der Waals surface area contributed by atoms with Crippen LogP contribution in [0.25, 0.3) is 0 Å². The number of benzene rings is 1. The van der Waals surface area contributed by atoms with Crippen LogP contribution < -0.4 is 0 Å². The van der Waals surface area contributed by atoms with E-state index in [2.05, 4.69) is 22.0 Å². The second-order valence-electron chi connectivity index (χ2n) is 6.93. The Morgan fingerprint density at radius 3 is 2.69 bits per heavy atom. The van der Waals surface area contributed by atoms with Crippen molar-refractivity contribution in [3.8, 4) is 0 Å². The molecule has 0 radical (unpaired) electrons. The van der Waals surface area contributed by atoms with Gasteiger partial charge in [0.15, 0.2) is 5.78 Å². The van der Waals surface area contributed by atoms with Crippen molar-refractivity contribution >= 4 is 17.4 Å². The Balaban J connectivity index is 1.43. The average molecular weight is 353 g/mol. The van der Waals surface area contributed by atoms with Crippen molar-refractivity contribution in [2.75, 3.05) is 32.8 Å². The molecule has 136 valence electrons. The summed E-state index contributed by atoms with van der Waals surface area (Å²) in [5.74, 6) is 0.749. The maximum absolute atomic E-state index is 12.7. The molecule has 1 saturated heterocycles. The van der Waals surface area contributed by atoms with E-state index in [1.165, 1.54) is 11.1 Å². The summed E-state index contributed by atoms with van der Waals surface area (Å²) in [5, 5.41) is 0. The molecule has 0 bridgehead atoms. The molecule has 3 aliphatic heterocycles. The minimum Gasteiger partial charge on any atom is -0.378 e. The Morgan fingerprint density at radius 1 is 1.12 bits per heavy atom. The summed E-state index contributed by atoms with van der Waals surface area (Å²) >= 11 is 0. The Hall–Kier alpha value is -2.47. The topological polar surface area (TPSA) is 62.2 Å². The van der Waals surface area contributed by atoms with Crippen LogP contribution in [0.15, 0.2) is 41.2 Å². The first-order chi connectivity index (χ1) is 12.7. The van der Waals surface area contributed by atoms with Crippen molar-refractivity contribution in [2.24, 2.45) is 4.99 Å². The van der Waals surface area contributed by atoms with Crippen LogP contribution >= 0.6 is 0 Å². The molecule has 6 nitrogen and oxygen atoms in total. The minimum atomic E-state index is 0.0216. The third kappa shape index (κ3) is 3.70. The molecule has 6 heteroatoms. The Morgan fingerprint density at radius 2 is 1.88 bits per heavy atom. The fourth-order valence-corrected chi connectivity index (χ4v) is 3.68. The number of nitrogens with zero attached hydrogens (tertiary/aromatic N) is 3. The van der Waals surface area contributed by atoms with Crippen LogP contribution in [0.3, 0.4) is 0 Å². The van der Waals surface area contributed by atoms with Crippen molar-refractivity contribution < 1.29 is 14.3 Å². The number of carbonyl (C=O) groups is 2. The zero-order valence-electron chi connectivity index (χ0n) is 14.8. The Kier molecular flexibility index (Phi) is 4.84. The normalized spacial score (nSPS) is 20.4. The molecular weight excluding hydrogens is 330 g/mol. The van der Waals surface area contributed by atoms with Crippen molar-refractivity contribution in [1.82, 2.24) is 9.80 Å². The summed E-state index contributed by atoms with van der Waals surface area (Å²) in [7, 11) is 0. The molecule has 26 heavy (non-hydrogen) atoms. The highest BCUT2D eigenvalue weighted by molar-refractivity contribution is 6.14. The number of hydrogen-bond donors (Lipinski definition) is 0. The van der Waals surface area contributed by atoms with Crippen LogP contribution in [0, 0.1) is 0 Å². The molecule has 3 aliphatic rings. The van der Waals surface area contributed by atoms with E-state index in [0.29, 0.717) is 31.3 Å². The lowest BCUT2D eigenvalue weighted by atomic mass is 9.99. The number of morpholine rings is 1. The van der Waals surface area contributed by atoms with E-state index in [0.717, 1.165) is 26.1 Å². The standard InChI is InChI=1S/C20H23N3O3/c24-18-11-17(21-19(13-18)22-7-9-26-10-8-22)12-20(25)23-6-5-15-3-1-2-4-16(15)14-23/h1-4,13H,5-12,14H2. The number of carbonyl (C=O) groups excluding carboxylic acids is 2. The zero-order valence-corrected chi connectivity index (χ0v) is 14.8. The van der Waals surface area contributed by atoms with E-state index in [1.54, 1.807) is 6.08 Å². The van der Waals surface area contributed by atoms with Gasteiger partial charge in [-0.3, -0.25) is 9.59 Å². The highest BCUT2D eigenvalue weighted by Gasteiger charge is 2.25. The van der Waals surface area contributed by atoms with Gasteiger partial charge in [0.05, 0.1) is 19.6 Å². The molecule has 0 aliphatic carbocycles. The molecule has 1 fully saturated rings. The van der Waals surface area contributed by atoms with Gasteiger partial charge in [-0.1, -0.05) is 24.3 Å². The van der Waals surface area contributed by atoms with Gasteiger partial charge < -0.3 is 14.5 Å². The van der Waals surface area contributed by atoms with Crippen molar-refractivity contribution in [3.05, 3.63) is 47.3 Å². The first kappa shape index (κ1) is 17.0. The van der Waals surface area contributed by atoms with Crippen LogP contribution in [-0.2, 0) is 27.3 Å². The molecule has 0 saturated carbocycles. The van der Waals surface area contributed by atoms with Crippen LogP contribution in [0.2, 0.25) is 0 Å². The van der Waals surface area contributed by atoms with Gasteiger partial charge in [0.1, 0.15) is 5.82 Å². The highest BCUT2D eigenvalue weighted by atomic mass is 16.5. The van der Waals surface area contributed by atoms with Gasteiger partial charge in [-0.25, -0.2) is 4.99 Å². The van der Waals surface area contributed by atoms with Crippen molar-refractivity contribution in [3.63, 3.8) is 0 Å². The molecule has 0 atom stereocenters. The van der Waals surface area contributed by atoms with Gasteiger partial charge in [-0.05, 0) is 17.5 Å². The van der Waals surface area contributed by atoms with E-state index in [-0.39, 0.29) is 24.5 Å². The molecular formula is C20H23N3O3. The number of amides is 1. The number of fused-ring (bicyclic) bond motifs is 1. The summed E-state index contributed by atoms with van der Waals surface area (Å²) < 4.78 is 5.35. The highest BCUT2D eigenvalue weighted by Crippen LogP contribution is 2.21. The minimum absolute atomic E-state index is 0.0216. The van der Waals surface area contributed by atoms with E-state index in [4.69, 9.17) is 4.74 Å². The van der Waals surface area contributed by atoms with E-state index >= 15 is 0 Å². The van der Waals surface area contributed by atoms with Gasteiger partial charge in [0.2, 0.25) is 5.91 Å². The van der Waals surface area contributed by atoms with Crippen LogP contribution in [0.4, 0.5) is 0 Å². The number of hydrogen-bond acceptors (Lipinski definition) is 5. The van der Waals surface area contributed by atoms with E-state index in [1.807, 2.05) is 17.0 Å². The largest absolute Gasteiger partial charge is 0.378 e. The number of rotatable bonds is 3. The smallest absolute Gasteiger partial charge is 0.228 e. The molecule has 0 spiro atoms. The van der Waals surface area contributed by atoms with Gasteiger partial charge in [0, 0.05) is 44.4 Å². The SMILES string of the molecule is O=C1C=C(N2CCOCC2)N=C(CC(=O)N2CCc3ccccc3C2)C1. The second kappa shape index (κ2) is 7.41. The first-order valence-corrected chi connectivity index (χ1v) is 9.17. The van der Waals surface area contributed by atoms with Crippen LogP contribution in [-0.4, -0.2) is 60.0 Å². The number of allylic oxidation sites excluding steroid dienone is 1. The molecule has 1 aromatic rings. The van der Waals surface area contributed by atoms with Gasteiger partial charge >= 0.3 is 0 Å². The van der Waals surface area contributed by atoms with Crippen molar-refractivity contribution in [1.29, 1.82) is 0 Å². The third-order valence-electron chi connectivity index (χ3n) is 5.11. The predicted molar refractivity (Wildman–Crippen MR) is 97.7 cm³/mol. The Labute approximate surface area is 153 Å². The summed E-state index contributed by atoms with van der Waals surface area (Å²) in [6, 6.07) is 8.25. The molecule has 0 aromatic heterocycles. The van der Waals surface area contributed by atoms with Crippen LogP contribution in [0.1, 0.15) is 24.0 Å². The maximum atomic E-state index is 12.7. The molecule has 1 aromatic carbocycles. The fraction of sp³-hybridized carbons (Fsp3) is 0.450. The van der Waals surface area contributed by atoms with Gasteiger partial charge in [-0.15, -0.1) is 0 Å². The van der Waals surface area contributed by atoms with Gasteiger partial charge in [0.25, 0.3) is 0 Å². The number of ketones is 1. The Bertz CT molecular complexity index is 778. The average Bonchev–Trinajstić information content (AvgIpc) is 2.68. The predicted octanol–water partition coefficient (Wildman–Crippen LogP) is 1.55. The summed E-state index contributed by atoms with van der Waals surface area (Å²) in [6.07, 6.45) is 2.93. The number of aliphatic imine (C=N–C) groups is 1. The van der Waals surface area contributed by atoms with E-state index in [9.17, 15) is 9.59 Å². The molecule has 3 heterocycles. The van der Waals surface area contributed by atoms with Gasteiger partial charge in [-0.2, -0.15) is 0 Å². The molecule has 0 N–H and O–H groups in total. The quantitative estimate of drug-likeness (QED) is 0.827. The summed E-state index contributed by atoms with van der Waals surface area (Å²) in [5.41, 5.74) is 3.20. The molecule has 4 rings (SSSR count).